The van der Waals surface area contributed by atoms with Crippen LogP contribution in [0, 0.1) is 5.41 Å². The van der Waals surface area contributed by atoms with Gasteiger partial charge in [-0.25, -0.2) is 0 Å². The zero-order chi connectivity index (χ0) is 19.0. The third-order valence-electron chi connectivity index (χ3n) is 5.91. The molecule has 2 aliphatic rings. The Morgan fingerprint density at radius 1 is 0.926 bits per heavy atom. The molecule has 0 aromatic heterocycles. The molecule has 0 radical (unpaired) electrons. The second-order valence-corrected chi connectivity index (χ2v) is 8.28. The molecular weight excluding hydrogens is 360 g/mol. The lowest BCUT2D eigenvalue weighted by Gasteiger charge is -2.42. The van der Waals surface area contributed by atoms with Gasteiger partial charge in [0.25, 0.3) is 11.8 Å². The van der Waals surface area contributed by atoms with Crippen molar-refractivity contribution < 1.29 is 9.59 Å². The predicted molar refractivity (Wildman–Crippen MR) is 106 cm³/mol. The number of fused-ring (bicyclic) bond motifs is 1. The molecule has 0 N–H and O–H groups in total. The summed E-state index contributed by atoms with van der Waals surface area (Å²) in [7, 11) is 2.12. The van der Waals surface area contributed by atoms with E-state index in [2.05, 4.69) is 11.9 Å². The van der Waals surface area contributed by atoms with Crippen LogP contribution in [-0.2, 0) is 6.42 Å². The third-order valence-corrected chi connectivity index (χ3v) is 6.16. The lowest BCUT2D eigenvalue weighted by atomic mass is 9.73. The number of imide groups is 1. The Labute approximate surface area is 164 Å². The van der Waals surface area contributed by atoms with Crippen LogP contribution in [0.3, 0.4) is 0 Å². The Kier molecular flexibility index (Phi) is 4.79. The average Bonchev–Trinajstić information content (AvgIpc) is 2.91. The molecule has 2 aromatic rings. The Bertz CT molecular complexity index is 835. The summed E-state index contributed by atoms with van der Waals surface area (Å²) in [4.78, 5) is 29.5. The molecule has 4 nitrogen and oxygen atoms in total. The fraction of sp³-hybridized carbons (Fsp3) is 0.364. The Hall–Kier alpha value is -2.17. The molecule has 0 bridgehead atoms. The van der Waals surface area contributed by atoms with Crippen molar-refractivity contribution in [2.75, 3.05) is 26.7 Å². The quantitative estimate of drug-likeness (QED) is 0.753. The number of halogens is 1. The molecule has 0 aliphatic carbocycles. The molecule has 2 amide bonds. The average molecular weight is 383 g/mol. The summed E-state index contributed by atoms with van der Waals surface area (Å²) in [6, 6.07) is 15.0. The van der Waals surface area contributed by atoms with E-state index in [1.54, 1.807) is 12.1 Å². The molecule has 5 heteroatoms. The molecule has 0 spiro atoms. The zero-order valence-corrected chi connectivity index (χ0v) is 16.2. The zero-order valence-electron chi connectivity index (χ0n) is 15.5. The van der Waals surface area contributed by atoms with Gasteiger partial charge >= 0.3 is 0 Å². The van der Waals surface area contributed by atoms with E-state index in [1.807, 2.05) is 36.4 Å². The van der Waals surface area contributed by atoms with E-state index in [9.17, 15) is 9.59 Å². The van der Waals surface area contributed by atoms with Crippen LogP contribution >= 0.6 is 11.6 Å². The number of hydrogen-bond acceptors (Lipinski definition) is 3. The minimum Gasteiger partial charge on any atom is -0.306 e. The first-order chi connectivity index (χ1) is 13.0. The van der Waals surface area contributed by atoms with E-state index >= 15 is 0 Å². The van der Waals surface area contributed by atoms with Gasteiger partial charge in [-0.1, -0.05) is 35.9 Å². The van der Waals surface area contributed by atoms with E-state index in [0.717, 1.165) is 37.4 Å². The van der Waals surface area contributed by atoms with Crippen molar-refractivity contribution in [3.63, 3.8) is 0 Å². The molecule has 2 aliphatic heterocycles. The molecule has 0 atom stereocenters. The molecule has 0 unspecified atom stereocenters. The van der Waals surface area contributed by atoms with Crippen molar-refractivity contribution in [1.29, 1.82) is 0 Å². The smallest absolute Gasteiger partial charge is 0.261 e. The number of nitrogens with zero attached hydrogens (tertiary/aromatic N) is 2. The van der Waals surface area contributed by atoms with Gasteiger partial charge in [0.2, 0.25) is 0 Å². The van der Waals surface area contributed by atoms with Gasteiger partial charge in [-0.3, -0.25) is 14.5 Å². The summed E-state index contributed by atoms with van der Waals surface area (Å²) in [5, 5.41) is 0.719. The second-order valence-electron chi connectivity index (χ2n) is 7.85. The van der Waals surface area contributed by atoms with Crippen molar-refractivity contribution in [2.24, 2.45) is 5.41 Å². The number of carbonyl (C=O) groups excluding carboxylic acids is 2. The summed E-state index contributed by atoms with van der Waals surface area (Å²) in [5.41, 5.74) is 2.14. The number of likely N-dealkylation sites (tertiary alicyclic amines) is 1. The Morgan fingerprint density at radius 2 is 1.48 bits per heavy atom. The van der Waals surface area contributed by atoms with Gasteiger partial charge in [0.15, 0.2) is 0 Å². The van der Waals surface area contributed by atoms with Gasteiger partial charge in [-0.05, 0) is 74.6 Å². The third kappa shape index (κ3) is 3.52. The lowest BCUT2D eigenvalue weighted by molar-refractivity contribution is 0.0451. The topological polar surface area (TPSA) is 40.6 Å². The van der Waals surface area contributed by atoms with Crippen LogP contribution in [0.2, 0.25) is 5.02 Å². The minimum atomic E-state index is -0.162. The molecule has 27 heavy (non-hydrogen) atoms. The van der Waals surface area contributed by atoms with E-state index in [4.69, 9.17) is 11.6 Å². The summed E-state index contributed by atoms with van der Waals surface area (Å²) < 4.78 is 0. The maximum absolute atomic E-state index is 12.9. The molecule has 0 saturated carbocycles. The van der Waals surface area contributed by atoms with Gasteiger partial charge in [0, 0.05) is 11.6 Å². The molecule has 140 valence electrons. The van der Waals surface area contributed by atoms with E-state index in [1.165, 1.54) is 10.5 Å². The van der Waals surface area contributed by atoms with Gasteiger partial charge in [0.1, 0.15) is 0 Å². The summed E-state index contributed by atoms with van der Waals surface area (Å²) in [6.07, 6.45) is 2.75. The summed E-state index contributed by atoms with van der Waals surface area (Å²) in [5.74, 6) is -0.324. The first-order valence-corrected chi connectivity index (χ1v) is 9.73. The lowest BCUT2D eigenvalue weighted by Crippen LogP contribution is -2.48. The van der Waals surface area contributed by atoms with Crippen molar-refractivity contribution >= 4 is 23.4 Å². The van der Waals surface area contributed by atoms with Gasteiger partial charge in [-0.15, -0.1) is 0 Å². The Morgan fingerprint density at radius 3 is 2.04 bits per heavy atom. The minimum absolute atomic E-state index is 0.103. The number of piperidine rings is 1. The number of benzene rings is 2. The number of rotatable bonds is 4. The van der Waals surface area contributed by atoms with Crippen LogP contribution in [0.5, 0.6) is 0 Å². The Balaban J connectivity index is 1.61. The van der Waals surface area contributed by atoms with Crippen LogP contribution in [0.1, 0.15) is 39.1 Å². The van der Waals surface area contributed by atoms with E-state index < -0.39 is 0 Å². The van der Waals surface area contributed by atoms with Gasteiger partial charge in [-0.2, -0.15) is 0 Å². The summed E-state index contributed by atoms with van der Waals surface area (Å²) >= 11 is 6.03. The fourth-order valence-electron chi connectivity index (χ4n) is 4.24. The maximum atomic E-state index is 12.9. The highest BCUT2D eigenvalue weighted by Gasteiger charge is 2.42. The van der Waals surface area contributed by atoms with Crippen molar-refractivity contribution in [3.05, 3.63) is 70.2 Å². The van der Waals surface area contributed by atoms with Crippen molar-refractivity contribution in [1.82, 2.24) is 9.80 Å². The van der Waals surface area contributed by atoms with Crippen molar-refractivity contribution in [3.8, 4) is 0 Å². The van der Waals surface area contributed by atoms with Crippen LogP contribution in [-0.4, -0.2) is 48.3 Å². The number of hydrogen-bond donors (Lipinski definition) is 0. The largest absolute Gasteiger partial charge is 0.306 e. The van der Waals surface area contributed by atoms with Crippen LogP contribution in [0.15, 0.2) is 48.5 Å². The molecule has 4 rings (SSSR count). The highest BCUT2D eigenvalue weighted by Crippen LogP contribution is 2.38. The van der Waals surface area contributed by atoms with E-state index in [-0.39, 0.29) is 17.2 Å². The highest BCUT2D eigenvalue weighted by atomic mass is 35.5. The number of amides is 2. The normalized spacial score (nSPS) is 19.4. The molecule has 1 saturated heterocycles. The fourth-order valence-corrected chi connectivity index (χ4v) is 4.36. The molecule has 2 aromatic carbocycles. The van der Waals surface area contributed by atoms with Crippen LogP contribution in [0.25, 0.3) is 0 Å². The van der Waals surface area contributed by atoms with E-state index in [0.29, 0.717) is 17.7 Å². The first kappa shape index (κ1) is 18.2. The van der Waals surface area contributed by atoms with Gasteiger partial charge in [0.05, 0.1) is 11.1 Å². The molecular formula is C22H23ClN2O2. The summed E-state index contributed by atoms with van der Waals surface area (Å²) in [6.45, 7) is 2.41. The SMILES string of the molecule is CN1CCC(Cc2ccc(Cl)cc2)(CN2C(=O)c3ccccc3C2=O)CC1. The van der Waals surface area contributed by atoms with Crippen molar-refractivity contribution in [2.45, 2.75) is 19.3 Å². The van der Waals surface area contributed by atoms with Gasteiger partial charge < -0.3 is 4.90 Å². The predicted octanol–water partition coefficient (Wildman–Crippen LogP) is 3.89. The standard InChI is InChI=1S/C22H23ClN2O2/c1-24-12-10-22(11-13-24,14-16-6-8-17(23)9-7-16)15-25-20(26)18-4-2-3-5-19(18)21(25)27/h2-9H,10-15H2,1H3. The van der Waals surface area contributed by atoms with Crippen LogP contribution < -0.4 is 0 Å². The maximum Gasteiger partial charge on any atom is 0.261 e. The molecule has 2 heterocycles. The first-order valence-electron chi connectivity index (χ1n) is 9.36. The van der Waals surface area contributed by atoms with Crippen LogP contribution in [0.4, 0.5) is 0 Å². The number of carbonyl (C=O) groups is 2. The monoisotopic (exact) mass is 382 g/mol. The second kappa shape index (κ2) is 7.10. The highest BCUT2D eigenvalue weighted by molar-refractivity contribution is 6.30. The molecule has 1 fully saturated rings.